The van der Waals surface area contributed by atoms with E-state index < -0.39 is 5.97 Å². The van der Waals surface area contributed by atoms with Crippen molar-refractivity contribution in [1.82, 2.24) is 15.5 Å². The van der Waals surface area contributed by atoms with E-state index in [0.29, 0.717) is 6.54 Å². The van der Waals surface area contributed by atoms with Gasteiger partial charge >= 0.3 is 5.97 Å². The summed E-state index contributed by atoms with van der Waals surface area (Å²) in [5.41, 5.74) is 2.21. The lowest BCUT2D eigenvalue weighted by atomic mass is 10.1. The number of carbonyl (C=O) groups is 2. The summed E-state index contributed by atoms with van der Waals surface area (Å²) in [6, 6.07) is 0. The Morgan fingerprint density at radius 3 is 2.89 bits per heavy atom. The maximum Gasteiger partial charge on any atom is 0.313 e. The molecule has 0 aliphatic carbocycles. The fourth-order valence-electron chi connectivity index (χ4n) is 1.42. The first kappa shape index (κ1) is 14.6. The number of hydrogen-bond donors (Lipinski definition) is 3. The van der Waals surface area contributed by atoms with Gasteiger partial charge in [-0.05, 0) is 25.3 Å². The first-order valence-corrected chi connectivity index (χ1v) is 6.80. The number of thioether (sulfide) groups is 1. The summed E-state index contributed by atoms with van der Waals surface area (Å²) < 4.78 is 0. The fraction of sp³-hybridized carbons (Fsp3) is 0.545. The number of aliphatic carboxylic acids is 1. The number of rotatable bonds is 8. The first-order valence-electron chi connectivity index (χ1n) is 5.64. The zero-order valence-electron chi connectivity index (χ0n) is 10.2. The Morgan fingerprint density at radius 1 is 1.50 bits per heavy atom. The van der Waals surface area contributed by atoms with Crippen LogP contribution in [0.5, 0.6) is 0 Å². The number of hydrogen-bond acceptors (Lipinski definition) is 4. The van der Waals surface area contributed by atoms with E-state index in [4.69, 9.17) is 5.11 Å². The Balaban J connectivity index is 2.05. The number of aromatic nitrogens is 2. The molecule has 0 spiro atoms. The number of H-pyrrole nitrogens is 1. The first-order chi connectivity index (χ1) is 8.59. The number of nitrogens with zero attached hydrogens (tertiary/aromatic N) is 1. The topological polar surface area (TPSA) is 95.1 Å². The van der Waals surface area contributed by atoms with Gasteiger partial charge < -0.3 is 10.4 Å². The van der Waals surface area contributed by atoms with Crippen LogP contribution in [0, 0.1) is 6.92 Å². The third kappa shape index (κ3) is 5.72. The molecule has 100 valence electrons. The van der Waals surface area contributed by atoms with E-state index in [1.807, 2.05) is 6.92 Å². The SMILES string of the molecule is Cc1[nH]ncc1CCCNC(=O)CSCC(=O)O. The Labute approximate surface area is 110 Å². The van der Waals surface area contributed by atoms with Gasteiger partial charge in [0.05, 0.1) is 17.7 Å². The molecular weight excluding hydrogens is 254 g/mol. The molecule has 0 unspecified atom stereocenters. The molecule has 1 aromatic rings. The van der Waals surface area contributed by atoms with Gasteiger partial charge in [-0.1, -0.05) is 0 Å². The highest BCUT2D eigenvalue weighted by molar-refractivity contribution is 8.00. The second-order valence-corrected chi connectivity index (χ2v) is 4.85. The van der Waals surface area contributed by atoms with Crippen molar-refractivity contribution >= 4 is 23.6 Å². The summed E-state index contributed by atoms with van der Waals surface area (Å²) in [5.74, 6) is -0.869. The molecule has 0 saturated carbocycles. The molecule has 18 heavy (non-hydrogen) atoms. The Kier molecular flexibility index (Phi) is 6.27. The molecule has 0 saturated heterocycles. The molecule has 1 aromatic heterocycles. The van der Waals surface area contributed by atoms with E-state index >= 15 is 0 Å². The van der Waals surface area contributed by atoms with Crippen LogP contribution in [0.4, 0.5) is 0 Å². The van der Waals surface area contributed by atoms with Crippen LogP contribution in [0.1, 0.15) is 17.7 Å². The molecule has 0 fully saturated rings. The van der Waals surface area contributed by atoms with Gasteiger partial charge in [-0.15, -0.1) is 11.8 Å². The molecule has 3 N–H and O–H groups in total. The van der Waals surface area contributed by atoms with Crippen LogP contribution in [0.15, 0.2) is 6.20 Å². The Hall–Kier alpha value is -1.50. The number of carboxylic acids is 1. The highest BCUT2D eigenvalue weighted by Crippen LogP contribution is 2.05. The third-order valence-corrected chi connectivity index (χ3v) is 3.26. The molecule has 1 heterocycles. The van der Waals surface area contributed by atoms with Gasteiger partial charge in [-0.2, -0.15) is 5.10 Å². The lowest BCUT2D eigenvalue weighted by molar-refractivity contribution is -0.133. The number of nitrogens with one attached hydrogen (secondary N) is 2. The number of aromatic amines is 1. The molecule has 0 atom stereocenters. The summed E-state index contributed by atoms with van der Waals surface area (Å²) >= 11 is 1.10. The van der Waals surface area contributed by atoms with E-state index in [1.165, 1.54) is 0 Å². The number of carbonyl (C=O) groups excluding carboxylic acids is 1. The highest BCUT2D eigenvalue weighted by atomic mass is 32.2. The minimum atomic E-state index is -0.900. The van der Waals surface area contributed by atoms with Gasteiger partial charge in [0.25, 0.3) is 0 Å². The Bertz CT molecular complexity index is 406. The van der Waals surface area contributed by atoms with E-state index in [0.717, 1.165) is 35.9 Å². The number of carboxylic acid groups (broad SMARTS) is 1. The normalized spacial score (nSPS) is 10.3. The lowest BCUT2D eigenvalue weighted by Gasteiger charge is -2.04. The van der Waals surface area contributed by atoms with Crippen molar-refractivity contribution < 1.29 is 14.7 Å². The monoisotopic (exact) mass is 271 g/mol. The maximum absolute atomic E-state index is 11.3. The van der Waals surface area contributed by atoms with Crippen molar-refractivity contribution in [3.05, 3.63) is 17.5 Å². The smallest absolute Gasteiger partial charge is 0.313 e. The number of amides is 1. The molecule has 7 heteroatoms. The van der Waals surface area contributed by atoms with Crippen molar-refractivity contribution in [2.75, 3.05) is 18.1 Å². The summed E-state index contributed by atoms with van der Waals surface area (Å²) in [4.78, 5) is 21.6. The van der Waals surface area contributed by atoms with Crippen molar-refractivity contribution in [2.45, 2.75) is 19.8 Å². The minimum Gasteiger partial charge on any atom is -0.481 e. The van der Waals surface area contributed by atoms with Gasteiger partial charge in [0.1, 0.15) is 0 Å². The highest BCUT2D eigenvalue weighted by Gasteiger charge is 2.04. The van der Waals surface area contributed by atoms with E-state index in [9.17, 15) is 9.59 Å². The van der Waals surface area contributed by atoms with Crippen LogP contribution in [0.2, 0.25) is 0 Å². The van der Waals surface area contributed by atoms with Crippen molar-refractivity contribution in [2.24, 2.45) is 0 Å². The average Bonchev–Trinajstić information content (AvgIpc) is 2.70. The van der Waals surface area contributed by atoms with Crippen LogP contribution in [-0.4, -0.2) is 45.2 Å². The molecule has 6 nitrogen and oxygen atoms in total. The third-order valence-electron chi connectivity index (χ3n) is 2.34. The van der Waals surface area contributed by atoms with Gasteiger partial charge in [0.2, 0.25) is 5.91 Å². The molecule has 0 aromatic carbocycles. The molecule has 0 aliphatic rings. The van der Waals surface area contributed by atoms with Crippen LogP contribution < -0.4 is 5.32 Å². The van der Waals surface area contributed by atoms with Crippen LogP contribution >= 0.6 is 11.8 Å². The van der Waals surface area contributed by atoms with E-state index in [-0.39, 0.29) is 17.4 Å². The largest absolute Gasteiger partial charge is 0.481 e. The van der Waals surface area contributed by atoms with E-state index in [1.54, 1.807) is 6.20 Å². The molecule has 1 amide bonds. The summed E-state index contributed by atoms with van der Waals surface area (Å²) in [6.45, 7) is 2.56. The summed E-state index contributed by atoms with van der Waals surface area (Å²) in [5, 5.41) is 17.9. The van der Waals surface area contributed by atoms with Crippen molar-refractivity contribution in [3.63, 3.8) is 0 Å². The standard InChI is InChI=1S/C11H17N3O3S/c1-8-9(5-13-14-8)3-2-4-12-10(15)6-18-7-11(16)17/h5H,2-4,6-7H2,1H3,(H,12,15)(H,13,14)(H,16,17). The molecule has 0 bridgehead atoms. The number of aryl methyl sites for hydroxylation is 2. The summed E-state index contributed by atoms with van der Waals surface area (Å²) in [6.07, 6.45) is 3.50. The van der Waals surface area contributed by atoms with Gasteiger partial charge in [-0.25, -0.2) is 0 Å². The van der Waals surface area contributed by atoms with Gasteiger partial charge in [0.15, 0.2) is 0 Å². The predicted molar refractivity (Wildman–Crippen MR) is 69.6 cm³/mol. The molecule has 0 aliphatic heterocycles. The van der Waals surface area contributed by atoms with E-state index in [2.05, 4.69) is 15.5 Å². The maximum atomic E-state index is 11.3. The lowest BCUT2D eigenvalue weighted by Crippen LogP contribution is -2.26. The zero-order chi connectivity index (χ0) is 13.4. The Morgan fingerprint density at radius 2 is 2.28 bits per heavy atom. The fourth-order valence-corrected chi connectivity index (χ4v) is 1.98. The average molecular weight is 271 g/mol. The molecule has 1 rings (SSSR count). The minimum absolute atomic E-state index is 0.0400. The van der Waals surface area contributed by atoms with Gasteiger partial charge in [0, 0.05) is 12.2 Å². The van der Waals surface area contributed by atoms with Crippen LogP contribution in [0.25, 0.3) is 0 Å². The second kappa shape index (κ2) is 7.75. The summed E-state index contributed by atoms with van der Waals surface area (Å²) in [7, 11) is 0. The van der Waals surface area contributed by atoms with Crippen LogP contribution in [0.3, 0.4) is 0 Å². The zero-order valence-corrected chi connectivity index (χ0v) is 11.0. The second-order valence-electron chi connectivity index (χ2n) is 3.86. The molecular formula is C11H17N3O3S. The van der Waals surface area contributed by atoms with Crippen LogP contribution in [-0.2, 0) is 16.0 Å². The quantitative estimate of drug-likeness (QED) is 0.601. The molecule has 0 radical (unpaired) electrons. The van der Waals surface area contributed by atoms with Gasteiger partial charge in [-0.3, -0.25) is 14.7 Å². The van der Waals surface area contributed by atoms with Crippen molar-refractivity contribution in [3.8, 4) is 0 Å². The van der Waals surface area contributed by atoms with Crippen molar-refractivity contribution in [1.29, 1.82) is 0 Å². The predicted octanol–water partition coefficient (Wildman–Crippen LogP) is 0.585.